The Balaban J connectivity index is 1.85. The van der Waals surface area contributed by atoms with Crippen molar-refractivity contribution in [3.63, 3.8) is 0 Å². The summed E-state index contributed by atoms with van der Waals surface area (Å²) in [6.07, 6.45) is 0. The average molecular weight is 350 g/mol. The highest BCUT2D eigenvalue weighted by atomic mass is 16.4. The van der Waals surface area contributed by atoms with E-state index in [-0.39, 0.29) is 17.9 Å². The van der Waals surface area contributed by atoms with Crippen LogP contribution in [-0.2, 0) is 0 Å². The van der Waals surface area contributed by atoms with E-state index in [1.807, 2.05) is 48.5 Å². The normalized spacial score (nSPS) is 10.7. The first-order chi connectivity index (χ1) is 12.6. The molecule has 2 aromatic carbocycles. The van der Waals surface area contributed by atoms with E-state index in [4.69, 9.17) is 4.42 Å². The quantitative estimate of drug-likeness (QED) is 0.517. The van der Waals surface area contributed by atoms with Crippen molar-refractivity contribution in [3.05, 3.63) is 70.6 Å². The topological polar surface area (TPSA) is 62.6 Å². The van der Waals surface area contributed by atoms with Crippen LogP contribution >= 0.6 is 0 Å². The van der Waals surface area contributed by atoms with Crippen molar-refractivity contribution in [3.8, 4) is 0 Å². The number of benzene rings is 2. The first-order valence-corrected chi connectivity index (χ1v) is 8.77. The molecule has 0 aliphatic rings. The van der Waals surface area contributed by atoms with Crippen molar-refractivity contribution in [1.29, 1.82) is 0 Å². The van der Waals surface area contributed by atoms with Crippen molar-refractivity contribution in [2.45, 2.75) is 13.8 Å². The van der Waals surface area contributed by atoms with E-state index in [0.29, 0.717) is 5.58 Å². The maximum atomic E-state index is 12.4. The van der Waals surface area contributed by atoms with E-state index in [0.717, 1.165) is 29.9 Å². The molecule has 0 bridgehead atoms. The van der Waals surface area contributed by atoms with E-state index >= 15 is 0 Å². The molecule has 0 aliphatic carbocycles. The van der Waals surface area contributed by atoms with Crippen molar-refractivity contribution < 1.29 is 9.21 Å². The molecule has 134 valence electrons. The van der Waals surface area contributed by atoms with Crippen LogP contribution in [0.1, 0.15) is 24.2 Å². The first-order valence-electron chi connectivity index (χ1n) is 8.77. The number of hydrogen-bond acceptors (Lipinski definition) is 5. The molecule has 1 aromatic heterocycles. The summed E-state index contributed by atoms with van der Waals surface area (Å²) in [4.78, 5) is 26.9. The fourth-order valence-electron chi connectivity index (χ4n) is 2.91. The van der Waals surface area contributed by atoms with Crippen LogP contribution < -0.4 is 15.8 Å². The van der Waals surface area contributed by atoms with Crippen molar-refractivity contribution in [2.75, 3.05) is 29.9 Å². The van der Waals surface area contributed by atoms with Gasteiger partial charge in [-0.2, -0.15) is 0 Å². The maximum Gasteiger partial charge on any atom is 0.347 e. The average Bonchev–Trinajstić information content (AvgIpc) is 2.67. The lowest BCUT2D eigenvalue weighted by Crippen LogP contribution is -2.22. The third kappa shape index (κ3) is 3.77. The number of fused-ring (bicyclic) bond motifs is 1. The Labute approximate surface area is 152 Å². The lowest BCUT2D eigenvalue weighted by Gasteiger charge is -2.21. The van der Waals surface area contributed by atoms with Crippen LogP contribution in [0.5, 0.6) is 0 Å². The van der Waals surface area contributed by atoms with Crippen LogP contribution in [0.4, 0.5) is 11.4 Å². The Morgan fingerprint density at radius 1 is 1.04 bits per heavy atom. The molecule has 0 unspecified atom stereocenters. The van der Waals surface area contributed by atoms with Gasteiger partial charge in [0.25, 0.3) is 0 Å². The predicted molar refractivity (Wildman–Crippen MR) is 105 cm³/mol. The van der Waals surface area contributed by atoms with Crippen LogP contribution in [0.25, 0.3) is 11.0 Å². The Bertz CT molecular complexity index is 960. The minimum atomic E-state index is -0.603. The number of nitrogens with zero attached hydrogens (tertiary/aromatic N) is 1. The molecule has 1 N–H and O–H groups in total. The Morgan fingerprint density at radius 3 is 2.46 bits per heavy atom. The van der Waals surface area contributed by atoms with Crippen LogP contribution in [-0.4, -0.2) is 25.4 Å². The zero-order valence-electron chi connectivity index (χ0n) is 15.0. The van der Waals surface area contributed by atoms with Crippen LogP contribution in [0, 0.1) is 0 Å². The molecule has 0 atom stereocenters. The molecule has 26 heavy (non-hydrogen) atoms. The van der Waals surface area contributed by atoms with Gasteiger partial charge in [0.1, 0.15) is 11.1 Å². The minimum Gasteiger partial charge on any atom is -0.422 e. The van der Waals surface area contributed by atoms with Gasteiger partial charge in [-0.05, 0) is 44.2 Å². The van der Waals surface area contributed by atoms with Gasteiger partial charge in [-0.15, -0.1) is 0 Å². The van der Waals surface area contributed by atoms with E-state index in [2.05, 4.69) is 24.1 Å². The lowest BCUT2D eigenvalue weighted by atomic mass is 10.1. The highest BCUT2D eigenvalue weighted by Gasteiger charge is 2.14. The number of rotatable bonds is 7. The van der Waals surface area contributed by atoms with Crippen LogP contribution in [0.15, 0.2) is 63.8 Å². The Kier molecular flexibility index (Phi) is 5.37. The summed E-state index contributed by atoms with van der Waals surface area (Å²) in [5, 5.41) is 3.76. The fourth-order valence-corrected chi connectivity index (χ4v) is 2.91. The van der Waals surface area contributed by atoms with E-state index in [1.54, 1.807) is 6.07 Å². The number of para-hydroxylation sites is 1. The molecule has 5 heteroatoms. The van der Waals surface area contributed by atoms with E-state index in [1.165, 1.54) is 0 Å². The molecular weight excluding hydrogens is 328 g/mol. The Morgan fingerprint density at radius 2 is 1.77 bits per heavy atom. The summed E-state index contributed by atoms with van der Waals surface area (Å²) >= 11 is 0. The maximum absolute atomic E-state index is 12.4. The van der Waals surface area contributed by atoms with Gasteiger partial charge < -0.3 is 14.6 Å². The highest BCUT2D eigenvalue weighted by Crippen LogP contribution is 2.22. The predicted octanol–water partition coefficient (Wildman–Crippen LogP) is 3.93. The van der Waals surface area contributed by atoms with Gasteiger partial charge in [-0.3, -0.25) is 4.79 Å². The number of Topliss-reactive ketones (excluding diaryl/α,β-unsaturated/α-hetero) is 1. The Hall–Kier alpha value is -3.08. The van der Waals surface area contributed by atoms with Crippen molar-refractivity contribution in [2.24, 2.45) is 0 Å². The standard InChI is InChI=1S/C21H22N2O3/c1-3-23(4-2)17-11-10-15-12-18(21(25)26-20(15)13-17)19(24)14-22-16-8-6-5-7-9-16/h5-13,22H,3-4,14H2,1-2H3. The molecule has 1 heterocycles. The van der Waals surface area contributed by atoms with Gasteiger partial charge in [0.15, 0.2) is 5.78 Å². The summed E-state index contributed by atoms with van der Waals surface area (Å²) in [6.45, 7) is 5.93. The first kappa shape index (κ1) is 17.7. The van der Waals surface area contributed by atoms with Gasteiger partial charge in [0, 0.05) is 35.9 Å². The van der Waals surface area contributed by atoms with Crippen molar-refractivity contribution in [1.82, 2.24) is 0 Å². The van der Waals surface area contributed by atoms with Gasteiger partial charge in [-0.25, -0.2) is 4.79 Å². The van der Waals surface area contributed by atoms with Gasteiger partial charge in [0.2, 0.25) is 0 Å². The zero-order chi connectivity index (χ0) is 18.5. The molecule has 3 aromatic rings. The molecule has 0 aliphatic heterocycles. The summed E-state index contributed by atoms with van der Waals surface area (Å²) in [7, 11) is 0. The number of hydrogen-bond donors (Lipinski definition) is 1. The van der Waals surface area contributed by atoms with Gasteiger partial charge in [0.05, 0.1) is 6.54 Å². The van der Waals surface area contributed by atoms with Gasteiger partial charge in [-0.1, -0.05) is 18.2 Å². The number of carbonyl (C=O) groups is 1. The molecule has 0 amide bonds. The monoisotopic (exact) mass is 350 g/mol. The zero-order valence-corrected chi connectivity index (χ0v) is 15.0. The lowest BCUT2D eigenvalue weighted by molar-refractivity contribution is 0.100. The smallest absolute Gasteiger partial charge is 0.347 e. The number of anilines is 2. The molecule has 0 saturated heterocycles. The SMILES string of the molecule is CCN(CC)c1ccc2cc(C(=O)CNc3ccccc3)c(=O)oc2c1. The fraction of sp³-hybridized carbons (Fsp3) is 0.238. The van der Waals surface area contributed by atoms with Crippen LogP contribution in [0.3, 0.4) is 0 Å². The third-order valence-corrected chi connectivity index (χ3v) is 4.38. The molecule has 3 rings (SSSR count). The highest BCUT2D eigenvalue weighted by molar-refractivity contribution is 6.00. The second-order valence-electron chi connectivity index (χ2n) is 5.98. The summed E-state index contributed by atoms with van der Waals surface area (Å²) in [5.41, 5.74) is 1.78. The van der Waals surface area contributed by atoms with E-state index < -0.39 is 5.63 Å². The summed E-state index contributed by atoms with van der Waals surface area (Å²) < 4.78 is 5.41. The second-order valence-corrected chi connectivity index (χ2v) is 5.98. The minimum absolute atomic E-state index is 0.0395. The van der Waals surface area contributed by atoms with E-state index in [9.17, 15) is 9.59 Å². The summed E-state index contributed by atoms with van der Waals surface area (Å²) in [5.74, 6) is -0.294. The second kappa shape index (κ2) is 7.87. The largest absolute Gasteiger partial charge is 0.422 e. The molecule has 0 fully saturated rings. The summed E-state index contributed by atoms with van der Waals surface area (Å²) in [6, 6.07) is 16.7. The molecule has 5 nitrogen and oxygen atoms in total. The number of ketones is 1. The molecule has 0 radical (unpaired) electrons. The van der Waals surface area contributed by atoms with Crippen molar-refractivity contribution >= 4 is 28.1 Å². The van der Waals surface area contributed by atoms with Crippen LogP contribution in [0.2, 0.25) is 0 Å². The van der Waals surface area contributed by atoms with Gasteiger partial charge >= 0.3 is 5.63 Å². The number of nitrogens with one attached hydrogen (secondary N) is 1. The third-order valence-electron chi connectivity index (χ3n) is 4.38. The molecule has 0 spiro atoms. The molecular formula is C21H22N2O3. The molecule has 0 saturated carbocycles. The number of carbonyl (C=O) groups excluding carboxylic acids is 1.